The molecule has 1 fully saturated rings. The highest BCUT2D eigenvalue weighted by atomic mass is 16.2. The highest BCUT2D eigenvalue weighted by Gasteiger charge is 2.37. The third-order valence-corrected chi connectivity index (χ3v) is 5.22. The van der Waals surface area contributed by atoms with E-state index in [1.807, 2.05) is 74.2 Å². The molecule has 0 aliphatic carbocycles. The van der Waals surface area contributed by atoms with Crippen LogP contribution >= 0.6 is 0 Å². The molecule has 0 spiro atoms. The maximum absolute atomic E-state index is 13.0. The Labute approximate surface area is 177 Å². The molecule has 2 aromatic heterocycles. The van der Waals surface area contributed by atoms with Crippen molar-refractivity contribution in [2.75, 3.05) is 11.9 Å². The van der Waals surface area contributed by atoms with Crippen molar-refractivity contribution in [2.45, 2.75) is 39.7 Å². The van der Waals surface area contributed by atoms with Crippen LogP contribution in [0.5, 0.6) is 0 Å². The number of nitrogens with one attached hydrogen (secondary N) is 1. The van der Waals surface area contributed by atoms with Crippen LogP contribution in [0.2, 0.25) is 0 Å². The second kappa shape index (κ2) is 8.22. The molecule has 0 bridgehead atoms. The van der Waals surface area contributed by atoms with E-state index in [4.69, 9.17) is 9.97 Å². The van der Waals surface area contributed by atoms with Crippen LogP contribution in [0.3, 0.4) is 0 Å². The highest BCUT2D eigenvalue weighted by Crippen LogP contribution is 2.35. The number of hydrogen-bond acceptors (Lipinski definition) is 5. The summed E-state index contributed by atoms with van der Waals surface area (Å²) in [5.74, 6) is 1.53. The third kappa shape index (κ3) is 4.32. The van der Waals surface area contributed by atoms with Gasteiger partial charge in [-0.25, -0.2) is 9.97 Å². The summed E-state index contributed by atoms with van der Waals surface area (Å²) < 4.78 is 0. The highest BCUT2D eigenvalue weighted by molar-refractivity contribution is 5.82. The zero-order chi connectivity index (χ0) is 21.1. The zero-order valence-electron chi connectivity index (χ0n) is 17.7. The van der Waals surface area contributed by atoms with Gasteiger partial charge in [0.1, 0.15) is 5.82 Å². The molecule has 30 heavy (non-hydrogen) atoms. The molecular formula is C24H27N5O. The van der Waals surface area contributed by atoms with Crippen LogP contribution in [0.25, 0.3) is 11.3 Å². The van der Waals surface area contributed by atoms with Crippen molar-refractivity contribution in [2.24, 2.45) is 5.41 Å². The summed E-state index contributed by atoms with van der Waals surface area (Å²) in [6, 6.07) is 15.6. The molecule has 4 rings (SSSR count). The number of carbonyl (C=O) groups excluding carboxylic acids is 1. The molecular weight excluding hydrogens is 374 g/mol. The van der Waals surface area contributed by atoms with Crippen LogP contribution in [0, 0.1) is 5.41 Å². The second-order valence-electron chi connectivity index (χ2n) is 8.63. The number of anilines is 2. The number of amides is 1. The molecule has 3 heterocycles. The Morgan fingerprint density at radius 1 is 1.07 bits per heavy atom. The largest absolute Gasteiger partial charge is 0.340 e. The van der Waals surface area contributed by atoms with Crippen molar-refractivity contribution in [1.82, 2.24) is 19.9 Å². The second-order valence-corrected chi connectivity index (χ2v) is 8.63. The van der Waals surface area contributed by atoms with Crippen molar-refractivity contribution in [3.05, 3.63) is 66.7 Å². The van der Waals surface area contributed by atoms with Crippen molar-refractivity contribution in [1.29, 1.82) is 0 Å². The molecule has 3 aromatic rings. The monoisotopic (exact) mass is 401 g/mol. The summed E-state index contributed by atoms with van der Waals surface area (Å²) in [7, 11) is 0. The Hall–Kier alpha value is -3.28. The Morgan fingerprint density at radius 2 is 1.80 bits per heavy atom. The predicted molar refractivity (Wildman–Crippen MR) is 118 cm³/mol. The molecule has 1 aliphatic heterocycles. The summed E-state index contributed by atoms with van der Waals surface area (Å²) in [4.78, 5) is 28.8. The first-order chi connectivity index (χ1) is 14.4. The lowest BCUT2D eigenvalue weighted by molar-refractivity contribution is -0.140. The van der Waals surface area contributed by atoms with Crippen LogP contribution in [0.1, 0.15) is 45.5 Å². The minimum absolute atomic E-state index is 0.116. The van der Waals surface area contributed by atoms with Gasteiger partial charge in [0, 0.05) is 41.7 Å². The molecule has 1 saturated heterocycles. The Morgan fingerprint density at radius 3 is 2.50 bits per heavy atom. The van der Waals surface area contributed by atoms with Gasteiger partial charge in [0.15, 0.2) is 5.82 Å². The number of aromatic nitrogens is 3. The van der Waals surface area contributed by atoms with Gasteiger partial charge in [-0.1, -0.05) is 39.0 Å². The van der Waals surface area contributed by atoms with Crippen LogP contribution in [0.4, 0.5) is 11.5 Å². The molecule has 1 atom stereocenters. The van der Waals surface area contributed by atoms with Gasteiger partial charge in [0.2, 0.25) is 5.91 Å². The average molecular weight is 402 g/mol. The zero-order valence-corrected chi connectivity index (χ0v) is 17.7. The lowest BCUT2D eigenvalue weighted by atomic mass is 9.94. The Bertz CT molecular complexity index is 1010. The lowest BCUT2D eigenvalue weighted by Gasteiger charge is -2.30. The molecule has 0 saturated carbocycles. The summed E-state index contributed by atoms with van der Waals surface area (Å²) in [6.07, 6.45) is 5.34. The normalized spacial score (nSPS) is 16.5. The number of nitrogens with zero attached hydrogens (tertiary/aromatic N) is 4. The standard InChI is InChI=1S/C24H27N5O/c1-24(2,3)23(30)29-15-7-10-20(29)22-27-19(17-11-13-25-14-12-17)16-21(28-22)26-18-8-5-4-6-9-18/h4-6,8-9,11-14,16,20H,7,10,15H2,1-3H3,(H,26,27,28)/t20-/m1/s1. The maximum atomic E-state index is 13.0. The minimum atomic E-state index is -0.434. The van der Waals surface area contributed by atoms with Gasteiger partial charge in [0.25, 0.3) is 0 Å². The molecule has 154 valence electrons. The number of para-hydroxylation sites is 1. The summed E-state index contributed by atoms with van der Waals surface area (Å²) in [5.41, 5.74) is 2.31. The number of hydrogen-bond donors (Lipinski definition) is 1. The number of benzene rings is 1. The summed E-state index contributed by atoms with van der Waals surface area (Å²) in [5, 5.41) is 3.38. The van der Waals surface area contributed by atoms with E-state index >= 15 is 0 Å². The van der Waals surface area contributed by atoms with E-state index in [0.29, 0.717) is 11.6 Å². The van der Waals surface area contributed by atoms with Gasteiger partial charge in [-0.15, -0.1) is 0 Å². The van der Waals surface area contributed by atoms with Crippen molar-refractivity contribution in [3.63, 3.8) is 0 Å². The fourth-order valence-corrected chi connectivity index (χ4v) is 3.73. The lowest BCUT2D eigenvalue weighted by Crippen LogP contribution is -2.39. The predicted octanol–water partition coefficient (Wildman–Crippen LogP) is 4.99. The van der Waals surface area contributed by atoms with Crippen LogP contribution in [0.15, 0.2) is 60.9 Å². The van der Waals surface area contributed by atoms with Gasteiger partial charge in [-0.2, -0.15) is 0 Å². The van der Waals surface area contributed by atoms with E-state index in [2.05, 4.69) is 10.3 Å². The molecule has 6 nitrogen and oxygen atoms in total. The summed E-state index contributed by atoms with van der Waals surface area (Å²) >= 11 is 0. The van der Waals surface area contributed by atoms with Gasteiger partial charge in [-0.3, -0.25) is 9.78 Å². The van der Waals surface area contributed by atoms with Crippen molar-refractivity contribution < 1.29 is 4.79 Å². The van der Waals surface area contributed by atoms with E-state index in [9.17, 15) is 4.79 Å². The molecule has 1 aliphatic rings. The first-order valence-electron chi connectivity index (χ1n) is 10.3. The SMILES string of the molecule is CC(C)(C)C(=O)N1CCC[C@@H]1c1nc(Nc2ccccc2)cc(-c2ccncc2)n1. The van der Waals surface area contributed by atoms with Gasteiger partial charge < -0.3 is 10.2 Å². The smallest absolute Gasteiger partial charge is 0.228 e. The average Bonchev–Trinajstić information content (AvgIpc) is 3.23. The first-order valence-corrected chi connectivity index (χ1v) is 10.3. The molecule has 0 unspecified atom stereocenters. The van der Waals surface area contributed by atoms with E-state index in [0.717, 1.165) is 36.3 Å². The van der Waals surface area contributed by atoms with Gasteiger partial charge >= 0.3 is 0 Å². The number of rotatable bonds is 4. The third-order valence-electron chi connectivity index (χ3n) is 5.22. The van der Waals surface area contributed by atoms with E-state index < -0.39 is 5.41 Å². The topological polar surface area (TPSA) is 71.0 Å². The Balaban J connectivity index is 1.75. The van der Waals surface area contributed by atoms with Crippen LogP contribution < -0.4 is 5.32 Å². The maximum Gasteiger partial charge on any atom is 0.228 e. The molecule has 1 amide bonds. The summed E-state index contributed by atoms with van der Waals surface area (Å²) in [6.45, 7) is 6.62. The van der Waals surface area contributed by atoms with Crippen LogP contribution in [-0.4, -0.2) is 32.3 Å². The number of likely N-dealkylation sites (tertiary alicyclic amines) is 1. The molecule has 1 N–H and O–H groups in total. The van der Waals surface area contributed by atoms with Crippen LogP contribution in [-0.2, 0) is 4.79 Å². The fourth-order valence-electron chi connectivity index (χ4n) is 3.73. The van der Waals surface area contributed by atoms with E-state index in [1.165, 1.54) is 0 Å². The fraction of sp³-hybridized carbons (Fsp3) is 0.333. The molecule has 6 heteroatoms. The minimum Gasteiger partial charge on any atom is -0.340 e. The van der Waals surface area contributed by atoms with Crippen molar-refractivity contribution >= 4 is 17.4 Å². The first kappa shape index (κ1) is 20.0. The molecule has 0 radical (unpaired) electrons. The molecule has 1 aromatic carbocycles. The quantitative estimate of drug-likeness (QED) is 0.667. The Kier molecular flexibility index (Phi) is 5.48. The number of carbonyl (C=O) groups is 1. The number of pyridine rings is 1. The van der Waals surface area contributed by atoms with E-state index in [1.54, 1.807) is 12.4 Å². The van der Waals surface area contributed by atoms with Crippen molar-refractivity contribution in [3.8, 4) is 11.3 Å². The van der Waals surface area contributed by atoms with Gasteiger partial charge in [0.05, 0.1) is 11.7 Å². The van der Waals surface area contributed by atoms with Gasteiger partial charge in [-0.05, 0) is 37.1 Å². The van der Waals surface area contributed by atoms with E-state index in [-0.39, 0.29) is 11.9 Å².